The second-order valence-electron chi connectivity index (χ2n) is 6.59. The summed E-state index contributed by atoms with van der Waals surface area (Å²) in [5.41, 5.74) is 2.15. The molecule has 3 rings (SSSR count). The van der Waals surface area contributed by atoms with Gasteiger partial charge in [0.25, 0.3) is 5.91 Å². The molecule has 0 bridgehead atoms. The largest absolute Gasteiger partial charge is 0.497 e. The Labute approximate surface area is 159 Å². The minimum atomic E-state index is -0.443. The summed E-state index contributed by atoms with van der Waals surface area (Å²) in [4.78, 5) is 14.7. The zero-order valence-electron chi connectivity index (χ0n) is 15.9. The first-order chi connectivity index (χ1) is 13.0. The van der Waals surface area contributed by atoms with E-state index in [1.165, 1.54) is 11.1 Å². The maximum absolute atomic E-state index is 14.4. The summed E-state index contributed by atoms with van der Waals surface area (Å²) in [6, 6.07) is 13.6. The lowest BCUT2D eigenvalue weighted by Gasteiger charge is -2.24. The number of carbonyl (C=O) groups is 1. The number of benzene rings is 2. The van der Waals surface area contributed by atoms with E-state index in [4.69, 9.17) is 4.74 Å². The molecule has 1 atom stereocenters. The summed E-state index contributed by atoms with van der Waals surface area (Å²) < 4.78 is 19.6. The molecule has 6 heteroatoms. The number of rotatable bonds is 6. The molecule has 0 radical (unpaired) electrons. The van der Waals surface area contributed by atoms with Gasteiger partial charge in [0.05, 0.1) is 25.4 Å². The van der Waals surface area contributed by atoms with Gasteiger partial charge in [-0.2, -0.15) is 5.10 Å². The molecular formula is C21H24FN3O2. The van der Waals surface area contributed by atoms with Crippen LogP contribution in [0, 0.1) is 5.82 Å². The van der Waals surface area contributed by atoms with Crippen LogP contribution in [0.25, 0.3) is 0 Å². The van der Waals surface area contributed by atoms with Crippen molar-refractivity contribution in [1.82, 2.24) is 9.91 Å². The number of nitrogens with zero attached hydrogens (tertiary/aromatic N) is 3. The monoisotopic (exact) mass is 369 g/mol. The predicted octanol–water partition coefficient (Wildman–Crippen LogP) is 3.46. The minimum Gasteiger partial charge on any atom is -0.497 e. The van der Waals surface area contributed by atoms with E-state index in [0.29, 0.717) is 12.0 Å². The summed E-state index contributed by atoms with van der Waals surface area (Å²) in [5.74, 6) is 0.284. The van der Waals surface area contributed by atoms with Gasteiger partial charge in [-0.1, -0.05) is 25.1 Å². The van der Waals surface area contributed by atoms with Crippen molar-refractivity contribution in [3.63, 3.8) is 0 Å². The molecule has 5 nitrogen and oxygen atoms in total. The molecule has 1 amide bonds. The van der Waals surface area contributed by atoms with Gasteiger partial charge in [0.15, 0.2) is 0 Å². The smallest absolute Gasteiger partial charge is 0.257 e. The minimum absolute atomic E-state index is 0.142. The second-order valence-corrected chi connectivity index (χ2v) is 6.59. The van der Waals surface area contributed by atoms with Gasteiger partial charge in [0.1, 0.15) is 11.6 Å². The number of hydrogen-bond donors (Lipinski definition) is 0. The molecule has 1 aliphatic rings. The average Bonchev–Trinajstić information content (AvgIpc) is 3.13. The second kappa shape index (κ2) is 8.31. The molecule has 27 heavy (non-hydrogen) atoms. The van der Waals surface area contributed by atoms with Crippen molar-refractivity contribution in [2.45, 2.75) is 19.4 Å². The number of hydrogen-bond acceptors (Lipinski definition) is 4. The van der Waals surface area contributed by atoms with E-state index in [1.54, 1.807) is 25.3 Å². The van der Waals surface area contributed by atoms with Crippen LogP contribution in [-0.4, -0.2) is 48.8 Å². The summed E-state index contributed by atoms with van der Waals surface area (Å²) in [7, 11) is 3.49. The Balaban J connectivity index is 1.93. The van der Waals surface area contributed by atoms with Gasteiger partial charge in [-0.3, -0.25) is 9.69 Å². The van der Waals surface area contributed by atoms with E-state index in [9.17, 15) is 9.18 Å². The van der Waals surface area contributed by atoms with Crippen molar-refractivity contribution in [3.05, 3.63) is 65.5 Å². The summed E-state index contributed by atoms with van der Waals surface area (Å²) >= 11 is 0. The number of carbonyl (C=O) groups excluding carboxylic acids is 1. The van der Waals surface area contributed by atoms with E-state index in [0.717, 1.165) is 23.6 Å². The van der Waals surface area contributed by atoms with Crippen molar-refractivity contribution in [2.24, 2.45) is 5.10 Å². The maximum Gasteiger partial charge on any atom is 0.257 e. The van der Waals surface area contributed by atoms with Gasteiger partial charge in [0.2, 0.25) is 0 Å². The molecule has 142 valence electrons. The Morgan fingerprint density at radius 2 is 1.96 bits per heavy atom. The van der Waals surface area contributed by atoms with Crippen LogP contribution in [0.3, 0.4) is 0 Å². The Bertz CT molecular complexity index is 836. The van der Waals surface area contributed by atoms with Crippen LogP contribution in [-0.2, 0) is 4.79 Å². The number of ether oxygens (including phenoxy) is 1. The van der Waals surface area contributed by atoms with E-state index in [2.05, 4.69) is 5.10 Å². The van der Waals surface area contributed by atoms with Crippen molar-refractivity contribution in [3.8, 4) is 5.75 Å². The Kier molecular flexibility index (Phi) is 5.86. The molecule has 0 unspecified atom stereocenters. The van der Waals surface area contributed by atoms with Crippen LogP contribution < -0.4 is 4.74 Å². The number of halogens is 1. The van der Waals surface area contributed by atoms with E-state index < -0.39 is 6.04 Å². The number of amides is 1. The highest BCUT2D eigenvalue weighted by atomic mass is 19.1. The number of methoxy groups -OCH3 is 1. The van der Waals surface area contributed by atoms with Crippen LogP contribution in [0.2, 0.25) is 0 Å². The lowest BCUT2D eigenvalue weighted by atomic mass is 9.98. The van der Waals surface area contributed by atoms with E-state index >= 15 is 0 Å². The fourth-order valence-corrected chi connectivity index (χ4v) is 3.10. The molecule has 0 aromatic heterocycles. The predicted molar refractivity (Wildman–Crippen MR) is 103 cm³/mol. The molecular weight excluding hydrogens is 345 g/mol. The molecule has 1 heterocycles. The molecule has 0 saturated heterocycles. The number of hydrazone groups is 1. The molecule has 0 aliphatic carbocycles. The highest BCUT2D eigenvalue weighted by molar-refractivity contribution is 6.03. The summed E-state index contributed by atoms with van der Waals surface area (Å²) in [6.45, 7) is 2.97. The Morgan fingerprint density at radius 1 is 1.26 bits per heavy atom. The molecule has 0 spiro atoms. The van der Waals surface area contributed by atoms with Crippen LogP contribution in [0.15, 0.2) is 53.6 Å². The fraction of sp³-hybridized carbons (Fsp3) is 0.333. The van der Waals surface area contributed by atoms with Crippen LogP contribution >= 0.6 is 0 Å². The van der Waals surface area contributed by atoms with Gasteiger partial charge < -0.3 is 4.74 Å². The van der Waals surface area contributed by atoms with Crippen molar-refractivity contribution in [2.75, 3.05) is 27.2 Å². The topological polar surface area (TPSA) is 45.1 Å². The highest BCUT2D eigenvalue weighted by Crippen LogP contribution is 2.34. The van der Waals surface area contributed by atoms with Gasteiger partial charge >= 0.3 is 0 Å². The van der Waals surface area contributed by atoms with Gasteiger partial charge in [-0.25, -0.2) is 9.40 Å². The SMILES string of the molecule is CCN(C)CC(=O)N1N=C(c2ccc(OC)cc2)C[C@H]1c1ccccc1F. The molecule has 1 aliphatic heterocycles. The average molecular weight is 369 g/mol. The molecule has 0 fully saturated rings. The van der Waals surface area contributed by atoms with Gasteiger partial charge in [0, 0.05) is 12.0 Å². The van der Waals surface area contributed by atoms with Gasteiger partial charge in [-0.05, 0) is 49.5 Å². The fourth-order valence-electron chi connectivity index (χ4n) is 3.10. The third-order valence-corrected chi connectivity index (χ3v) is 4.80. The molecule has 0 N–H and O–H groups in total. The quantitative estimate of drug-likeness (QED) is 0.783. The normalized spacial score (nSPS) is 16.6. The summed E-state index contributed by atoms with van der Waals surface area (Å²) in [5, 5.41) is 6.00. The van der Waals surface area contributed by atoms with E-state index in [1.807, 2.05) is 43.1 Å². The number of likely N-dealkylation sites (N-methyl/N-ethyl adjacent to an activating group) is 1. The molecule has 2 aromatic rings. The summed E-state index contributed by atoms with van der Waals surface area (Å²) in [6.07, 6.45) is 0.467. The van der Waals surface area contributed by atoms with Crippen LogP contribution in [0.5, 0.6) is 5.75 Å². The highest BCUT2D eigenvalue weighted by Gasteiger charge is 2.34. The van der Waals surface area contributed by atoms with Crippen molar-refractivity contribution >= 4 is 11.6 Å². The van der Waals surface area contributed by atoms with Crippen molar-refractivity contribution < 1.29 is 13.9 Å². The zero-order chi connectivity index (χ0) is 19.4. The first-order valence-corrected chi connectivity index (χ1v) is 9.00. The lowest BCUT2D eigenvalue weighted by molar-refractivity contribution is -0.133. The van der Waals surface area contributed by atoms with Gasteiger partial charge in [-0.15, -0.1) is 0 Å². The van der Waals surface area contributed by atoms with Crippen LogP contribution in [0.4, 0.5) is 4.39 Å². The maximum atomic E-state index is 14.4. The standard InChI is InChI=1S/C21H24FN3O2/c1-4-24(2)14-21(26)25-20(17-7-5-6-8-18(17)22)13-19(23-25)15-9-11-16(27-3)12-10-15/h5-12,20H,4,13-14H2,1-3H3/t20-/m0/s1. The Hall–Kier alpha value is -2.73. The third kappa shape index (κ3) is 4.17. The first-order valence-electron chi connectivity index (χ1n) is 9.00. The first kappa shape index (κ1) is 19.0. The zero-order valence-corrected chi connectivity index (χ0v) is 15.9. The lowest BCUT2D eigenvalue weighted by Crippen LogP contribution is -2.36. The Morgan fingerprint density at radius 3 is 2.59 bits per heavy atom. The van der Waals surface area contributed by atoms with E-state index in [-0.39, 0.29) is 18.3 Å². The van der Waals surface area contributed by atoms with Crippen molar-refractivity contribution in [1.29, 1.82) is 0 Å². The van der Waals surface area contributed by atoms with Crippen LogP contribution in [0.1, 0.15) is 30.5 Å². The third-order valence-electron chi connectivity index (χ3n) is 4.80. The molecule has 0 saturated carbocycles. The molecule has 2 aromatic carbocycles.